The molecule has 1 aliphatic rings. The number of nitrogens with zero attached hydrogens (tertiary/aromatic N) is 1. The minimum Gasteiger partial charge on any atom is -0.496 e. The molecule has 0 unspecified atom stereocenters. The molecule has 0 aliphatic carbocycles. The number of ether oxygens (including phenoxy) is 2. The van der Waals surface area contributed by atoms with Gasteiger partial charge in [0.15, 0.2) is 0 Å². The molecule has 0 bridgehead atoms. The number of halogens is 1. The Bertz CT molecular complexity index is 840. The first-order chi connectivity index (χ1) is 12.9. The van der Waals surface area contributed by atoms with Gasteiger partial charge in [-0.2, -0.15) is 0 Å². The average molecular weight is 389 g/mol. The number of hydrogen-bond donors (Lipinski definition) is 1. The second kappa shape index (κ2) is 7.88. The summed E-state index contributed by atoms with van der Waals surface area (Å²) >= 11 is 5.84. The number of carbonyl (C=O) groups excluding carboxylic acids is 2. The number of urea groups is 1. The predicted octanol–water partition coefficient (Wildman–Crippen LogP) is 3.28. The van der Waals surface area contributed by atoms with E-state index in [1.165, 1.54) is 4.90 Å². The molecule has 0 radical (unpaired) electrons. The molecule has 3 rings (SSSR count). The Morgan fingerprint density at radius 2 is 1.81 bits per heavy atom. The Kier molecular flexibility index (Phi) is 5.56. The van der Waals surface area contributed by atoms with Gasteiger partial charge in [0.05, 0.1) is 13.7 Å². The van der Waals surface area contributed by atoms with E-state index < -0.39 is 11.6 Å². The highest BCUT2D eigenvalue weighted by Crippen LogP contribution is 2.27. The normalized spacial score (nSPS) is 19.1. The number of nitrogens with one attached hydrogen (secondary N) is 1. The lowest BCUT2D eigenvalue weighted by Crippen LogP contribution is -2.46. The van der Waals surface area contributed by atoms with Gasteiger partial charge in [-0.05, 0) is 42.8 Å². The highest BCUT2D eigenvalue weighted by Gasteiger charge is 2.47. The second-order valence-electron chi connectivity index (χ2n) is 6.51. The molecule has 7 heteroatoms. The van der Waals surface area contributed by atoms with E-state index in [4.69, 9.17) is 21.1 Å². The second-order valence-corrected chi connectivity index (χ2v) is 6.95. The molecule has 3 amide bonds. The first-order valence-electron chi connectivity index (χ1n) is 8.57. The van der Waals surface area contributed by atoms with Crippen molar-refractivity contribution in [3.8, 4) is 11.5 Å². The molecule has 142 valence electrons. The van der Waals surface area contributed by atoms with Gasteiger partial charge in [0, 0.05) is 11.4 Å². The molecule has 1 saturated heterocycles. The van der Waals surface area contributed by atoms with E-state index in [1.54, 1.807) is 38.3 Å². The van der Waals surface area contributed by atoms with Crippen molar-refractivity contribution in [3.05, 3.63) is 59.1 Å². The van der Waals surface area contributed by atoms with Crippen molar-refractivity contribution < 1.29 is 19.1 Å². The Balaban J connectivity index is 1.64. The lowest BCUT2D eigenvalue weighted by molar-refractivity contribution is -0.131. The molecule has 0 aromatic heterocycles. The van der Waals surface area contributed by atoms with Crippen molar-refractivity contribution in [3.63, 3.8) is 0 Å². The van der Waals surface area contributed by atoms with E-state index in [1.807, 2.05) is 24.3 Å². The Labute approximate surface area is 163 Å². The average Bonchev–Trinajstić information content (AvgIpc) is 2.86. The molecular formula is C20H21ClN2O4. The molecule has 2 aromatic carbocycles. The van der Waals surface area contributed by atoms with Crippen LogP contribution in [0.5, 0.6) is 11.5 Å². The van der Waals surface area contributed by atoms with Gasteiger partial charge >= 0.3 is 6.03 Å². The van der Waals surface area contributed by atoms with Crippen LogP contribution in [0.4, 0.5) is 4.79 Å². The van der Waals surface area contributed by atoms with Crippen molar-refractivity contribution in [1.29, 1.82) is 0 Å². The first kappa shape index (κ1) is 19.0. The number of hydrogen-bond acceptors (Lipinski definition) is 4. The Hall–Kier alpha value is -2.73. The molecule has 27 heavy (non-hydrogen) atoms. The highest BCUT2D eigenvalue weighted by molar-refractivity contribution is 6.30. The summed E-state index contributed by atoms with van der Waals surface area (Å²) in [4.78, 5) is 26.4. The minimum atomic E-state index is -1.02. The minimum absolute atomic E-state index is 0.162. The summed E-state index contributed by atoms with van der Waals surface area (Å²) in [6, 6.07) is 13.9. The largest absolute Gasteiger partial charge is 0.496 e. The maximum Gasteiger partial charge on any atom is 0.325 e. The fraction of sp³-hybridized carbons (Fsp3) is 0.300. The molecule has 1 atom stereocenters. The summed E-state index contributed by atoms with van der Waals surface area (Å²) in [5, 5.41) is 3.41. The number of para-hydroxylation sites is 1. The standard InChI is InChI=1S/C20H21ClN2O4/c1-20(13-14-5-3-4-6-17(14)26-2)18(24)23(19(25)22-20)11-12-27-16-9-7-15(21)8-10-16/h3-10H,11-13H2,1-2H3,(H,22,25)/t20-/m1/s1. The summed E-state index contributed by atoms with van der Waals surface area (Å²) in [5.74, 6) is 1.03. The van der Waals surface area contributed by atoms with Crippen molar-refractivity contribution in [2.75, 3.05) is 20.3 Å². The molecule has 1 heterocycles. The fourth-order valence-electron chi connectivity index (χ4n) is 3.09. The quantitative estimate of drug-likeness (QED) is 0.739. The van der Waals surface area contributed by atoms with Gasteiger partial charge in [-0.15, -0.1) is 0 Å². The molecule has 6 nitrogen and oxygen atoms in total. The van der Waals surface area contributed by atoms with Gasteiger partial charge in [0.25, 0.3) is 5.91 Å². The van der Waals surface area contributed by atoms with Crippen LogP contribution >= 0.6 is 11.6 Å². The summed E-state index contributed by atoms with van der Waals surface area (Å²) in [6.07, 6.45) is 0.343. The monoisotopic (exact) mass is 388 g/mol. The first-order valence-corrected chi connectivity index (χ1v) is 8.95. The number of amides is 3. The van der Waals surface area contributed by atoms with E-state index in [-0.39, 0.29) is 19.1 Å². The maximum absolute atomic E-state index is 12.9. The van der Waals surface area contributed by atoms with Gasteiger partial charge in [0.2, 0.25) is 0 Å². The zero-order valence-corrected chi connectivity index (χ0v) is 16.0. The summed E-state index contributed by atoms with van der Waals surface area (Å²) in [5.41, 5.74) is -0.165. The topological polar surface area (TPSA) is 67.9 Å². The summed E-state index contributed by atoms with van der Waals surface area (Å²) in [6.45, 7) is 2.08. The van der Waals surface area contributed by atoms with Crippen LogP contribution in [0.15, 0.2) is 48.5 Å². The maximum atomic E-state index is 12.9. The number of imide groups is 1. The number of methoxy groups -OCH3 is 1. The highest BCUT2D eigenvalue weighted by atomic mass is 35.5. The molecule has 1 N–H and O–H groups in total. The lowest BCUT2D eigenvalue weighted by Gasteiger charge is -2.23. The smallest absolute Gasteiger partial charge is 0.325 e. The fourth-order valence-corrected chi connectivity index (χ4v) is 3.21. The van der Waals surface area contributed by atoms with E-state index in [9.17, 15) is 9.59 Å². The zero-order valence-electron chi connectivity index (χ0n) is 15.2. The molecule has 1 fully saturated rings. The Morgan fingerprint density at radius 1 is 1.11 bits per heavy atom. The van der Waals surface area contributed by atoms with Crippen LogP contribution in [-0.2, 0) is 11.2 Å². The SMILES string of the molecule is COc1ccccc1C[C@@]1(C)NC(=O)N(CCOc2ccc(Cl)cc2)C1=O. The summed E-state index contributed by atoms with van der Waals surface area (Å²) < 4.78 is 10.9. The van der Waals surface area contributed by atoms with Crippen LogP contribution in [-0.4, -0.2) is 42.6 Å². The molecule has 0 saturated carbocycles. The third-order valence-corrected chi connectivity index (χ3v) is 4.73. The van der Waals surface area contributed by atoms with Gasteiger partial charge in [-0.1, -0.05) is 29.8 Å². The van der Waals surface area contributed by atoms with Crippen LogP contribution in [0, 0.1) is 0 Å². The van der Waals surface area contributed by atoms with Crippen molar-refractivity contribution in [2.24, 2.45) is 0 Å². The molecule has 1 aliphatic heterocycles. The van der Waals surface area contributed by atoms with Crippen LogP contribution < -0.4 is 14.8 Å². The third-order valence-electron chi connectivity index (χ3n) is 4.48. The van der Waals surface area contributed by atoms with E-state index in [2.05, 4.69) is 5.32 Å². The zero-order chi connectivity index (χ0) is 19.4. The van der Waals surface area contributed by atoms with Gasteiger partial charge < -0.3 is 14.8 Å². The lowest BCUT2D eigenvalue weighted by atomic mass is 9.92. The number of carbonyl (C=O) groups is 2. The van der Waals surface area contributed by atoms with Gasteiger partial charge in [-0.25, -0.2) is 4.79 Å². The van der Waals surface area contributed by atoms with Gasteiger partial charge in [0.1, 0.15) is 23.6 Å². The van der Waals surface area contributed by atoms with Crippen molar-refractivity contribution >= 4 is 23.5 Å². The number of benzene rings is 2. The van der Waals surface area contributed by atoms with Gasteiger partial charge in [-0.3, -0.25) is 9.69 Å². The van der Waals surface area contributed by atoms with Crippen molar-refractivity contribution in [1.82, 2.24) is 10.2 Å². The van der Waals surface area contributed by atoms with E-state index in [0.717, 1.165) is 5.56 Å². The molecule has 0 spiro atoms. The molecule has 2 aromatic rings. The van der Waals surface area contributed by atoms with E-state index >= 15 is 0 Å². The third kappa shape index (κ3) is 4.17. The molecular weight excluding hydrogens is 368 g/mol. The predicted molar refractivity (Wildman–Crippen MR) is 102 cm³/mol. The number of rotatable bonds is 7. The van der Waals surface area contributed by atoms with E-state index in [0.29, 0.717) is 22.9 Å². The van der Waals surface area contributed by atoms with Crippen LogP contribution in [0.3, 0.4) is 0 Å². The Morgan fingerprint density at radius 3 is 2.52 bits per heavy atom. The van der Waals surface area contributed by atoms with Crippen LogP contribution in [0.1, 0.15) is 12.5 Å². The van der Waals surface area contributed by atoms with Crippen LogP contribution in [0.2, 0.25) is 5.02 Å². The van der Waals surface area contributed by atoms with Crippen LogP contribution in [0.25, 0.3) is 0 Å². The van der Waals surface area contributed by atoms with Crippen molar-refractivity contribution in [2.45, 2.75) is 18.9 Å². The summed E-state index contributed by atoms with van der Waals surface area (Å²) in [7, 11) is 1.58.